The lowest BCUT2D eigenvalue weighted by Crippen LogP contribution is -2.60. The summed E-state index contributed by atoms with van der Waals surface area (Å²) in [5, 5.41) is 12.9. The zero-order valence-electron chi connectivity index (χ0n) is 11.7. The molecule has 1 aliphatic carbocycles. The molecule has 0 radical (unpaired) electrons. The quantitative estimate of drug-likeness (QED) is 0.607. The van der Waals surface area contributed by atoms with Crippen molar-refractivity contribution in [3.05, 3.63) is 0 Å². The van der Waals surface area contributed by atoms with Crippen molar-refractivity contribution in [1.29, 1.82) is 0 Å². The third-order valence-electron chi connectivity index (χ3n) is 3.54. The van der Waals surface area contributed by atoms with Crippen molar-refractivity contribution in [2.45, 2.75) is 31.7 Å². The molecule has 1 saturated carbocycles. The van der Waals surface area contributed by atoms with Crippen LogP contribution in [0, 0.1) is 5.92 Å². The summed E-state index contributed by atoms with van der Waals surface area (Å²) in [6, 6.07) is 0. The topological polar surface area (TPSA) is 61.8 Å². The van der Waals surface area contributed by atoms with Crippen molar-refractivity contribution < 1.29 is 14.6 Å². The molecule has 1 unspecified atom stereocenters. The van der Waals surface area contributed by atoms with E-state index in [1.165, 1.54) is 0 Å². The minimum Gasteiger partial charge on any atom is -0.480 e. The van der Waals surface area contributed by atoms with E-state index >= 15 is 0 Å². The molecule has 0 aromatic heterocycles. The van der Waals surface area contributed by atoms with Gasteiger partial charge in [0.25, 0.3) is 0 Å². The second-order valence-corrected chi connectivity index (χ2v) is 5.21. The molecule has 0 saturated heterocycles. The number of carboxylic acids is 1. The van der Waals surface area contributed by atoms with Crippen LogP contribution in [0.2, 0.25) is 0 Å². The van der Waals surface area contributed by atoms with E-state index < -0.39 is 11.5 Å². The Morgan fingerprint density at radius 1 is 1.56 bits per heavy atom. The minimum absolute atomic E-state index is 0.270. The molecule has 1 atom stereocenters. The highest BCUT2D eigenvalue weighted by atomic mass is 16.5. The summed E-state index contributed by atoms with van der Waals surface area (Å²) in [6.45, 7) is 4.73. The van der Waals surface area contributed by atoms with Gasteiger partial charge in [0.2, 0.25) is 0 Å². The van der Waals surface area contributed by atoms with Crippen molar-refractivity contribution in [2.24, 2.45) is 5.92 Å². The molecular formula is C13H26N2O3. The number of rotatable bonds is 10. The molecule has 0 aliphatic heterocycles. The number of likely N-dealkylation sites (N-methyl/N-ethyl adjacent to an activating group) is 1. The third-order valence-corrected chi connectivity index (χ3v) is 3.54. The largest absolute Gasteiger partial charge is 0.480 e. The fraction of sp³-hybridized carbons (Fsp3) is 0.923. The van der Waals surface area contributed by atoms with Gasteiger partial charge in [0.15, 0.2) is 0 Å². The summed E-state index contributed by atoms with van der Waals surface area (Å²) in [5.41, 5.74) is -0.779. The van der Waals surface area contributed by atoms with Gasteiger partial charge in [-0.3, -0.25) is 4.79 Å². The highest BCUT2D eigenvalue weighted by molar-refractivity contribution is 5.80. The second-order valence-electron chi connectivity index (χ2n) is 5.21. The molecule has 5 nitrogen and oxygen atoms in total. The van der Waals surface area contributed by atoms with E-state index in [0.717, 1.165) is 32.4 Å². The molecule has 1 aliphatic rings. The third kappa shape index (κ3) is 3.93. The Morgan fingerprint density at radius 3 is 2.67 bits per heavy atom. The first-order chi connectivity index (χ1) is 8.56. The fourth-order valence-corrected chi connectivity index (χ4v) is 2.32. The normalized spacial score (nSPS) is 18.9. The van der Waals surface area contributed by atoms with Gasteiger partial charge in [0.05, 0.1) is 6.61 Å². The zero-order valence-corrected chi connectivity index (χ0v) is 11.7. The monoisotopic (exact) mass is 258 g/mol. The van der Waals surface area contributed by atoms with Crippen molar-refractivity contribution in [3.63, 3.8) is 0 Å². The van der Waals surface area contributed by atoms with E-state index in [2.05, 4.69) is 12.2 Å². The first kappa shape index (κ1) is 15.4. The highest BCUT2D eigenvalue weighted by Crippen LogP contribution is 2.40. The molecule has 0 spiro atoms. The van der Waals surface area contributed by atoms with E-state index in [9.17, 15) is 9.90 Å². The number of carbonyl (C=O) groups is 1. The van der Waals surface area contributed by atoms with E-state index in [4.69, 9.17) is 4.74 Å². The molecular weight excluding hydrogens is 232 g/mol. The van der Waals surface area contributed by atoms with Crippen LogP contribution in [-0.2, 0) is 9.53 Å². The molecule has 0 heterocycles. The van der Waals surface area contributed by atoms with Crippen molar-refractivity contribution in [2.75, 3.05) is 40.4 Å². The molecule has 0 bridgehead atoms. The predicted molar refractivity (Wildman–Crippen MR) is 70.8 cm³/mol. The number of nitrogens with one attached hydrogen (secondary N) is 1. The number of carboxylic acid groups (broad SMARTS) is 1. The van der Waals surface area contributed by atoms with Gasteiger partial charge in [-0.25, -0.2) is 0 Å². The number of ether oxygens (including phenoxy) is 1. The predicted octanol–water partition coefficient (Wildman–Crippen LogP) is 0.798. The van der Waals surface area contributed by atoms with Gasteiger partial charge >= 0.3 is 5.97 Å². The smallest absolute Gasteiger partial charge is 0.325 e. The number of methoxy groups -OCH3 is 1. The molecule has 0 aromatic carbocycles. The van der Waals surface area contributed by atoms with Gasteiger partial charge in [0.1, 0.15) is 5.54 Å². The van der Waals surface area contributed by atoms with Gasteiger partial charge in [-0.05, 0) is 38.8 Å². The summed E-state index contributed by atoms with van der Waals surface area (Å²) in [4.78, 5) is 13.7. The van der Waals surface area contributed by atoms with Gasteiger partial charge in [-0.15, -0.1) is 0 Å². The van der Waals surface area contributed by atoms with Crippen molar-refractivity contribution >= 4 is 5.97 Å². The van der Waals surface area contributed by atoms with Crippen LogP contribution in [0.15, 0.2) is 0 Å². The standard InChI is InChI=1S/C13H26N2O3/c1-4-7-14-13(12(16)17,11-5-6-11)10-15(2)8-9-18-3/h11,14H,4-10H2,1-3H3,(H,16,17). The highest BCUT2D eigenvalue weighted by Gasteiger charge is 2.51. The maximum absolute atomic E-state index is 11.7. The lowest BCUT2D eigenvalue weighted by molar-refractivity contribution is -0.147. The number of nitrogens with zero attached hydrogens (tertiary/aromatic N) is 1. The summed E-state index contributed by atoms with van der Waals surface area (Å²) in [7, 11) is 3.61. The van der Waals surface area contributed by atoms with Crippen LogP contribution in [0.25, 0.3) is 0 Å². The van der Waals surface area contributed by atoms with E-state index in [-0.39, 0.29) is 5.92 Å². The van der Waals surface area contributed by atoms with Crippen LogP contribution in [0.5, 0.6) is 0 Å². The molecule has 0 aromatic rings. The molecule has 1 fully saturated rings. The summed E-state index contributed by atoms with van der Waals surface area (Å²) >= 11 is 0. The van der Waals surface area contributed by atoms with Gasteiger partial charge < -0.3 is 20.1 Å². The summed E-state index contributed by atoms with van der Waals surface area (Å²) < 4.78 is 5.04. The van der Waals surface area contributed by atoms with Crippen LogP contribution in [0.1, 0.15) is 26.2 Å². The molecule has 2 N–H and O–H groups in total. The van der Waals surface area contributed by atoms with E-state index in [0.29, 0.717) is 13.2 Å². The summed E-state index contributed by atoms with van der Waals surface area (Å²) in [6.07, 6.45) is 2.98. The van der Waals surface area contributed by atoms with Crippen LogP contribution >= 0.6 is 0 Å². The molecule has 1 rings (SSSR count). The first-order valence-corrected chi connectivity index (χ1v) is 6.72. The Bertz CT molecular complexity index is 269. The molecule has 106 valence electrons. The van der Waals surface area contributed by atoms with E-state index in [1.54, 1.807) is 7.11 Å². The summed E-state index contributed by atoms with van der Waals surface area (Å²) in [5.74, 6) is -0.450. The lowest BCUT2D eigenvalue weighted by Gasteiger charge is -2.34. The van der Waals surface area contributed by atoms with E-state index in [1.807, 2.05) is 11.9 Å². The maximum Gasteiger partial charge on any atom is 0.325 e. The van der Waals surface area contributed by atoms with Crippen LogP contribution in [-0.4, -0.2) is 61.9 Å². The van der Waals surface area contributed by atoms with Crippen LogP contribution < -0.4 is 5.32 Å². The molecule has 18 heavy (non-hydrogen) atoms. The number of hydrogen-bond acceptors (Lipinski definition) is 4. The molecule has 5 heteroatoms. The average Bonchev–Trinajstić information content (AvgIpc) is 3.15. The van der Waals surface area contributed by atoms with Crippen molar-refractivity contribution in [1.82, 2.24) is 10.2 Å². The fourth-order valence-electron chi connectivity index (χ4n) is 2.32. The maximum atomic E-state index is 11.7. The first-order valence-electron chi connectivity index (χ1n) is 6.72. The van der Waals surface area contributed by atoms with Gasteiger partial charge in [-0.1, -0.05) is 6.92 Å². The second kappa shape index (κ2) is 7.07. The van der Waals surface area contributed by atoms with Gasteiger partial charge in [0, 0.05) is 20.2 Å². The zero-order chi connectivity index (χ0) is 13.6. The lowest BCUT2D eigenvalue weighted by atomic mass is 9.92. The Balaban J connectivity index is 2.65. The van der Waals surface area contributed by atoms with Crippen LogP contribution in [0.4, 0.5) is 0 Å². The Morgan fingerprint density at radius 2 is 2.22 bits per heavy atom. The Kier molecular flexibility index (Phi) is 6.05. The SMILES string of the molecule is CCCNC(CN(C)CCOC)(C(=O)O)C1CC1. The number of aliphatic carboxylic acids is 1. The Hall–Kier alpha value is -0.650. The van der Waals surface area contributed by atoms with Gasteiger partial charge in [-0.2, -0.15) is 0 Å². The number of hydrogen-bond donors (Lipinski definition) is 2. The average molecular weight is 258 g/mol. The minimum atomic E-state index is -0.779. The Labute approximate surface area is 109 Å². The van der Waals surface area contributed by atoms with Crippen molar-refractivity contribution in [3.8, 4) is 0 Å². The van der Waals surface area contributed by atoms with Crippen LogP contribution in [0.3, 0.4) is 0 Å². The molecule has 0 amide bonds.